The Morgan fingerprint density at radius 2 is 2.00 bits per heavy atom. The number of alkyl halides is 3. The van der Waals surface area contributed by atoms with E-state index in [1.54, 1.807) is 0 Å². The van der Waals surface area contributed by atoms with Crippen LogP contribution >= 0.6 is 11.6 Å². The molecule has 108 valence electrons. The van der Waals surface area contributed by atoms with Gasteiger partial charge in [-0.2, -0.15) is 18.3 Å². The highest BCUT2D eigenvalue weighted by molar-refractivity contribution is 7.92. The second-order valence-electron chi connectivity index (χ2n) is 3.73. The van der Waals surface area contributed by atoms with Crippen LogP contribution in [0.1, 0.15) is 5.56 Å². The van der Waals surface area contributed by atoms with Gasteiger partial charge < -0.3 is 0 Å². The van der Waals surface area contributed by atoms with Crippen molar-refractivity contribution < 1.29 is 21.6 Å². The van der Waals surface area contributed by atoms with E-state index in [1.165, 1.54) is 6.20 Å². The van der Waals surface area contributed by atoms with Gasteiger partial charge in [0.1, 0.15) is 0 Å². The Morgan fingerprint density at radius 3 is 2.55 bits per heavy atom. The topological polar surface area (TPSA) is 74.8 Å². The van der Waals surface area contributed by atoms with Gasteiger partial charge in [-0.1, -0.05) is 11.6 Å². The molecule has 5 nitrogen and oxygen atoms in total. The molecule has 0 atom stereocenters. The van der Waals surface area contributed by atoms with Crippen molar-refractivity contribution in [3.8, 4) is 0 Å². The fourth-order valence-electron chi connectivity index (χ4n) is 1.47. The highest BCUT2D eigenvalue weighted by Crippen LogP contribution is 2.36. The van der Waals surface area contributed by atoms with Crippen molar-refractivity contribution in [3.05, 3.63) is 41.2 Å². The molecule has 0 aliphatic rings. The average molecular weight is 326 g/mol. The molecule has 0 fully saturated rings. The van der Waals surface area contributed by atoms with Gasteiger partial charge in [-0.3, -0.25) is 9.82 Å². The van der Waals surface area contributed by atoms with Crippen molar-refractivity contribution >= 4 is 27.3 Å². The molecular formula is C10H7ClF3N3O2S. The molecule has 2 N–H and O–H groups in total. The SMILES string of the molecule is O=S(=O)(Nc1cn[nH]c1)c1ccc(Cl)cc1C(F)(F)F. The van der Waals surface area contributed by atoms with E-state index in [4.69, 9.17) is 11.6 Å². The highest BCUT2D eigenvalue weighted by atomic mass is 35.5. The van der Waals surface area contributed by atoms with Crippen LogP contribution in [0.15, 0.2) is 35.5 Å². The summed E-state index contributed by atoms with van der Waals surface area (Å²) in [4.78, 5) is -0.907. The van der Waals surface area contributed by atoms with Gasteiger partial charge in [0, 0.05) is 11.2 Å². The Labute approximate surface area is 116 Å². The zero-order valence-electron chi connectivity index (χ0n) is 9.57. The summed E-state index contributed by atoms with van der Waals surface area (Å²) in [6.45, 7) is 0. The lowest BCUT2D eigenvalue weighted by atomic mass is 10.2. The van der Waals surface area contributed by atoms with Crippen molar-refractivity contribution in [1.29, 1.82) is 0 Å². The van der Waals surface area contributed by atoms with Crippen molar-refractivity contribution in [1.82, 2.24) is 10.2 Å². The summed E-state index contributed by atoms with van der Waals surface area (Å²) in [5.74, 6) is 0. The summed E-state index contributed by atoms with van der Waals surface area (Å²) in [6, 6.07) is 2.43. The van der Waals surface area contributed by atoms with Gasteiger partial charge in [-0.15, -0.1) is 0 Å². The van der Waals surface area contributed by atoms with Crippen LogP contribution in [0, 0.1) is 0 Å². The molecule has 0 aliphatic carbocycles. The van der Waals surface area contributed by atoms with Crippen LogP contribution in [0.2, 0.25) is 5.02 Å². The molecule has 2 aromatic rings. The summed E-state index contributed by atoms with van der Waals surface area (Å²) in [5, 5.41) is 5.62. The molecule has 0 amide bonds. The quantitative estimate of drug-likeness (QED) is 0.911. The van der Waals surface area contributed by atoms with E-state index in [0.717, 1.165) is 18.3 Å². The normalized spacial score (nSPS) is 12.4. The summed E-state index contributed by atoms with van der Waals surface area (Å²) in [5.41, 5.74) is -1.31. The van der Waals surface area contributed by atoms with Crippen molar-refractivity contribution in [2.75, 3.05) is 4.72 Å². The van der Waals surface area contributed by atoms with Gasteiger partial charge in [0.05, 0.1) is 22.3 Å². The lowest BCUT2D eigenvalue weighted by molar-refractivity contribution is -0.139. The zero-order chi connectivity index (χ0) is 15.0. The Bertz CT molecular complexity index is 714. The predicted molar refractivity (Wildman–Crippen MR) is 65.9 cm³/mol. The summed E-state index contributed by atoms with van der Waals surface area (Å²) in [7, 11) is -4.40. The maximum atomic E-state index is 12.9. The molecule has 0 spiro atoms. The fraction of sp³-hybridized carbons (Fsp3) is 0.100. The number of anilines is 1. The number of rotatable bonds is 3. The second-order valence-corrected chi connectivity index (χ2v) is 5.82. The number of nitrogens with one attached hydrogen (secondary N) is 2. The number of sulfonamides is 1. The Morgan fingerprint density at radius 1 is 1.30 bits per heavy atom. The summed E-state index contributed by atoms with van der Waals surface area (Å²) >= 11 is 5.49. The Balaban J connectivity index is 2.52. The third-order valence-electron chi connectivity index (χ3n) is 2.29. The summed E-state index contributed by atoms with van der Waals surface area (Å²) < 4.78 is 64.6. The molecule has 10 heteroatoms. The van der Waals surface area contributed by atoms with Crippen LogP contribution in [0.5, 0.6) is 0 Å². The van der Waals surface area contributed by atoms with E-state index in [-0.39, 0.29) is 10.7 Å². The first-order valence-electron chi connectivity index (χ1n) is 5.08. The minimum atomic E-state index is -4.84. The molecule has 1 heterocycles. The lowest BCUT2D eigenvalue weighted by Gasteiger charge is -2.14. The molecule has 1 aromatic carbocycles. The molecule has 1 aromatic heterocycles. The van der Waals surface area contributed by atoms with Crippen molar-refractivity contribution in [2.45, 2.75) is 11.1 Å². The van der Waals surface area contributed by atoms with Crippen molar-refractivity contribution in [3.63, 3.8) is 0 Å². The van der Waals surface area contributed by atoms with Gasteiger partial charge >= 0.3 is 6.18 Å². The molecule has 0 saturated heterocycles. The number of aromatic amines is 1. The first kappa shape index (κ1) is 14.7. The molecule has 0 unspecified atom stereocenters. The van der Waals surface area contributed by atoms with Gasteiger partial charge in [-0.25, -0.2) is 8.42 Å². The first-order chi connectivity index (χ1) is 9.20. The molecule has 0 radical (unpaired) electrons. The lowest BCUT2D eigenvalue weighted by Crippen LogP contribution is -2.18. The van der Waals surface area contributed by atoms with Crippen LogP contribution < -0.4 is 4.72 Å². The largest absolute Gasteiger partial charge is 0.417 e. The van der Waals surface area contributed by atoms with E-state index in [9.17, 15) is 21.6 Å². The van der Waals surface area contributed by atoms with Gasteiger partial charge in [0.15, 0.2) is 0 Å². The van der Waals surface area contributed by atoms with Crippen LogP contribution in [-0.2, 0) is 16.2 Å². The van der Waals surface area contributed by atoms with E-state index >= 15 is 0 Å². The number of halogens is 4. The number of benzene rings is 1. The van der Waals surface area contributed by atoms with E-state index in [1.807, 2.05) is 4.72 Å². The first-order valence-corrected chi connectivity index (χ1v) is 6.94. The van der Waals surface area contributed by atoms with Gasteiger partial charge in [0.2, 0.25) is 0 Å². The second kappa shape index (κ2) is 4.98. The van der Waals surface area contributed by atoms with E-state index < -0.39 is 26.7 Å². The average Bonchev–Trinajstić information content (AvgIpc) is 2.79. The minimum absolute atomic E-state index is 0.0214. The highest BCUT2D eigenvalue weighted by Gasteiger charge is 2.37. The standard InChI is InChI=1S/C10H7ClF3N3O2S/c11-6-1-2-9(8(3-6)10(12,13)14)20(18,19)17-7-4-15-16-5-7/h1-5,17H,(H,15,16). The molecule has 20 heavy (non-hydrogen) atoms. The Hall–Kier alpha value is -1.74. The van der Waals surface area contributed by atoms with Crippen LogP contribution in [-0.4, -0.2) is 18.6 Å². The van der Waals surface area contributed by atoms with Crippen LogP contribution in [0.3, 0.4) is 0 Å². The molecule has 0 saturated carbocycles. The van der Waals surface area contributed by atoms with E-state index in [0.29, 0.717) is 6.07 Å². The number of H-pyrrole nitrogens is 1. The number of aromatic nitrogens is 2. The smallest absolute Gasteiger partial charge is 0.284 e. The van der Waals surface area contributed by atoms with E-state index in [2.05, 4.69) is 10.2 Å². The molecule has 2 rings (SSSR count). The van der Waals surface area contributed by atoms with Gasteiger partial charge in [0.25, 0.3) is 10.0 Å². The van der Waals surface area contributed by atoms with Gasteiger partial charge in [-0.05, 0) is 18.2 Å². The van der Waals surface area contributed by atoms with Crippen LogP contribution in [0.4, 0.5) is 18.9 Å². The van der Waals surface area contributed by atoms with Crippen molar-refractivity contribution in [2.24, 2.45) is 0 Å². The zero-order valence-corrected chi connectivity index (χ0v) is 11.1. The maximum absolute atomic E-state index is 12.9. The minimum Gasteiger partial charge on any atom is -0.284 e. The maximum Gasteiger partial charge on any atom is 0.417 e. The number of hydrogen-bond acceptors (Lipinski definition) is 3. The molecule has 0 aliphatic heterocycles. The molecule has 0 bridgehead atoms. The third kappa shape index (κ3) is 3.05. The van der Waals surface area contributed by atoms with Crippen LogP contribution in [0.25, 0.3) is 0 Å². The third-order valence-corrected chi connectivity index (χ3v) is 3.96. The number of hydrogen-bond donors (Lipinski definition) is 2. The molecular weight excluding hydrogens is 319 g/mol. The summed E-state index contributed by atoms with van der Waals surface area (Å²) in [6.07, 6.45) is -2.52. The monoisotopic (exact) mass is 325 g/mol. The fourth-order valence-corrected chi connectivity index (χ4v) is 2.89. The number of nitrogens with zero attached hydrogens (tertiary/aromatic N) is 1. The predicted octanol–water partition coefficient (Wildman–Crippen LogP) is 2.88. The Kier molecular flexibility index (Phi) is 3.65.